The zero-order valence-electron chi connectivity index (χ0n) is 11.7. The van der Waals surface area contributed by atoms with Crippen molar-refractivity contribution in [3.8, 4) is 0 Å². The molecule has 22 heavy (non-hydrogen) atoms. The molecule has 116 valence electrons. The Labute approximate surface area is 133 Å². The van der Waals surface area contributed by atoms with E-state index >= 15 is 0 Å². The van der Waals surface area contributed by atoms with E-state index < -0.39 is 16.0 Å². The van der Waals surface area contributed by atoms with Gasteiger partial charge in [0, 0.05) is 11.6 Å². The van der Waals surface area contributed by atoms with E-state index in [1.54, 1.807) is 6.92 Å². The molecular formula is C15H14ClNO4S. The molecule has 0 aliphatic carbocycles. The molecule has 0 aliphatic heterocycles. The summed E-state index contributed by atoms with van der Waals surface area (Å²) >= 11 is 5.78. The molecule has 0 spiro atoms. The molecule has 0 heterocycles. The highest BCUT2D eigenvalue weighted by molar-refractivity contribution is 7.92. The predicted octanol–water partition coefficient (Wildman–Crippen LogP) is 3.25. The topological polar surface area (TPSA) is 74.7 Å². The van der Waals surface area contributed by atoms with E-state index in [1.165, 1.54) is 52.8 Å². The Morgan fingerprint density at radius 3 is 2.09 bits per heavy atom. The number of carboxylic acid groups (broad SMARTS) is 1. The number of aromatic carboxylic acids is 1. The molecule has 0 fully saturated rings. The molecule has 2 aromatic rings. The molecule has 0 radical (unpaired) electrons. The second-order valence-corrected chi connectivity index (χ2v) is 6.77. The van der Waals surface area contributed by atoms with Crippen molar-refractivity contribution in [2.75, 3.05) is 10.8 Å². The zero-order valence-corrected chi connectivity index (χ0v) is 13.3. The van der Waals surface area contributed by atoms with Crippen LogP contribution in [0.15, 0.2) is 53.4 Å². The highest BCUT2D eigenvalue weighted by atomic mass is 35.5. The first kappa shape index (κ1) is 16.3. The van der Waals surface area contributed by atoms with Gasteiger partial charge in [-0.25, -0.2) is 13.2 Å². The van der Waals surface area contributed by atoms with Crippen molar-refractivity contribution in [2.45, 2.75) is 11.8 Å². The average molecular weight is 340 g/mol. The lowest BCUT2D eigenvalue weighted by Gasteiger charge is -2.23. The van der Waals surface area contributed by atoms with Crippen molar-refractivity contribution < 1.29 is 18.3 Å². The summed E-state index contributed by atoms with van der Waals surface area (Å²) in [6.45, 7) is 1.93. The maximum absolute atomic E-state index is 12.7. The van der Waals surface area contributed by atoms with Crippen LogP contribution in [0, 0.1) is 0 Å². The summed E-state index contributed by atoms with van der Waals surface area (Å²) in [5, 5.41) is 9.34. The van der Waals surface area contributed by atoms with E-state index in [4.69, 9.17) is 16.7 Å². The summed E-state index contributed by atoms with van der Waals surface area (Å²) in [6.07, 6.45) is 0. The number of hydrogen-bond acceptors (Lipinski definition) is 3. The Hall–Kier alpha value is -2.05. The second-order valence-electron chi connectivity index (χ2n) is 4.48. The van der Waals surface area contributed by atoms with Gasteiger partial charge in [-0.05, 0) is 55.5 Å². The molecule has 5 nitrogen and oxygen atoms in total. The van der Waals surface area contributed by atoms with Crippen LogP contribution in [0.4, 0.5) is 5.69 Å². The van der Waals surface area contributed by atoms with Gasteiger partial charge in [-0.3, -0.25) is 4.31 Å². The normalized spacial score (nSPS) is 11.2. The predicted molar refractivity (Wildman–Crippen MR) is 85.1 cm³/mol. The van der Waals surface area contributed by atoms with Gasteiger partial charge in [0.1, 0.15) is 0 Å². The van der Waals surface area contributed by atoms with Gasteiger partial charge in [0.25, 0.3) is 10.0 Å². The summed E-state index contributed by atoms with van der Waals surface area (Å²) in [6, 6.07) is 11.6. The fourth-order valence-corrected chi connectivity index (χ4v) is 3.60. The van der Waals surface area contributed by atoms with Gasteiger partial charge >= 0.3 is 5.97 Å². The van der Waals surface area contributed by atoms with Gasteiger partial charge in [-0.1, -0.05) is 11.6 Å². The molecular weight excluding hydrogens is 326 g/mol. The maximum Gasteiger partial charge on any atom is 0.335 e. The maximum atomic E-state index is 12.7. The smallest absolute Gasteiger partial charge is 0.335 e. The highest BCUT2D eigenvalue weighted by Crippen LogP contribution is 2.24. The first-order chi connectivity index (χ1) is 10.4. The summed E-state index contributed by atoms with van der Waals surface area (Å²) in [7, 11) is -3.73. The first-order valence-corrected chi connectivity index (χ1v) is 8.29. The Bertz CT molecular complexity index is 770. The van der Waals surface area contributed by atoms with Crippen LogP contribution in [0.2, 0.25) is 5.02 Å². The van der Waals surface area contributed by atoms with Crippen LogP contribution < -0.4 is 4.31 Å². The number of benzene rings is 2. The minimum atomic E-state index is -3.73. The van der Waals surface area contributed by atoms with Crippen LogP contribution in [0.3, 0.4) is 0 Å². The lowest BCUT2D eigenvalue weighted by atomic mass is 10.2. The molecule has 1 N–H and O–H groups in total. The van der Waals surface area contributed by atoms with Crippen molar-refractivity contribution in [3.63, 3.8) is 0 Å². The average Bonchev–Trinajstić information content (AvgIpc) is 2.48. The third-order valence-corrected chi connectivity index (χ3v) is 5.26. The lowest BCUT2D eigenvalue weighted by Crippen LogP contribution is -2.30. The van der Waals surface area contributed by atoms with Gasteiger partial charge in [0.2, 0.25) is 0 Å². The number of rotatable bonds is 5. The SMILES string of the molecule is CCN(c1ccc(C(=O)O)cc1)S(=O)(=O)c1ccc(Cl)cc1. The molecule has 7 heteroatoms. The van der Waals surface area contributed by atoms with Crippen LogP contribution in [0.5, 0.6) is 0 Å². The van der Waals surface area contributed by atoms with Crippen LogP contribution in [0.1, 0.15) is 17.3 Å². The van der Waals surface area contributed by atoms with Crippen molar-refractivity contribution in [2.24, 2.45) is 0 Å². The van der Waals surface area contributed by atoms with Crippen LogP contribution in [-0.2, 0) is 10.0 Å². The van der Waals surface area contributed by atoms with Gasteiger partial charge in [0.15, 0.2) is 0 Å². The van der Waals surface area contributed by atoms with Gasteiger partial charge in [-0.2, -0.15) is 0 Å². The van der Waals surface area contributed by atoms with E-state index in [-0.39, 0.29) is 17.0 Å². The van der Waals surface area contributed by atoms with Crippen LogP contribution in [0.25, 0.3) is 0 Å². The van der Waals surface area contributed by atoms with E-state index in [9.17, 15) is 13.2 Å². The molecule has 0 atom stereocenters. The number of sulfonamides is 1. The number of hydrogen-bond donors (Lipinski definition) is 1. The fraction of sp³-hybridized carbons (Fsp3) is 0.133. The molecule has 2 aromatic carbocycles. The number of carbonyl (C=O) groups is 1. The van der Waals surface area contributed by atoms with E-state index in [0.29, 0.717) is 10.7 Å². The monoisotopic (exact) mass is 339 g/mol. The Kier molecular flexibility index (Phi) is 4.73. The standard InChI is InChI=1S/C15H14ClNO4S/c1-2-17(13-7-3-11(4-8-13)15(18)19)22(20,21)14-9-5-12(16)6-10-14/h3-10H,2H2,1H3,(H,18,19). The number of carboxylic acids is 1. The third-order valence-electron chi connectivity index (χ3n) is 3.09. The second kappa shape index (κ2) is 6.37. The molecule has 2 rings (SSSR count). The largest absolute Gasteiger partial charge is 0.478 e. The molecule has 0 amide bonds. The van der Waals surface area contributed by atoms with Crippen LogP contribution >= 0.6 is 11.6 Å². The highest BCUT2D eigenvalue weighted by Gasteiger charge is 2.23. The summed E-state index contributed by atoms with van der Waals surface area (Å²) < 4.78 is 26.5. The van der Waals surface area contributed by atoms with Gasteiger partial charge in [-0.15, -0.1) is 0 Å². The number of nitrogens with zero attached hydrogens (tertiary/aromatic N) is 1. The minimum absolute atomic E-state index is 0.101. The molecule has 0 saturated carbocycles. The summed E-state index contributed by atoms with van der Waals surface area (Å²) in [4.78, 5) is 11.0. The summed E-state index contributed by atoms with van der Waals surface area (Å²) in [5.41, 5.74) is 0.506. The Balaban J connectivity index is 2.42. The van der Waals surface area contributed by atoms with Crippen molar-refractivity contribution in [3.05, 3.63) is 59.1 Å². The lowest BCUT2D eigenvalue weighted by molar-refractivity contribution is 0.0697. The van der Waals surface area contributed by atoms with E-state index in [2.05, 4.69) is 0 Å². The minimum Gasteiger partial charge on any atom is -0.478 e. The van der Waals surface area contributed by atoms with Gasteiger partial charge in [0.05, 0.1) is 16.1 Å². The fourth-order valence-electron chi connectivity index (χ4n) is 2.00. The first-order valence-electron chi connectivity index (χ1n) is 6.48. The molecule has 0 aromatic heterocycles. The molecule has 0 saturated heterocycles. The number of anilines is 1. The zero-order chi connectivity index (χ0) is 16.3. The number of halogens is 1. The van der Waals surface area contributed by atoms with Crippen LogP contribution in [-0.4, -0.2) is 26.0 Å². The van der Waals surface area contributed by atoms with Crippen molar-refractivity contribution in [1.82, 2.24) is 0 Å². The van der Waals surface area contributed by atoms with E-state index in [1.807, 2.05) is 0 Å². The molecule has 0 unspecified atom stereocenters. The molecule has 0 aliphatic rings. The third kappa shape index (κ3) is 3.23. The van der Waals surface area contributed by atoms with Gasteiger partial charge < -0.3 is 5.11 Å². The molecule has 0 bridgehead atoms. The van der Waals surface area contributed by atoms with Crippen molar-refractivity contribution >= 4 is 33.3 Å². The van der Waals surface area contributed by atoms with Crippen molar-refractivity contribution in [1.29, 1.82) is 0 Å². The summed E-state index contributed by atoms with van der Waals surface area (Å²) in [5.74, 6) is -1.06. The van der Waals surface area contributed by atoms with E-state index in [0.717, 1.165) is 0 Å². The Morgan fingerprint density at radius 1 is 1.09 bits per heavy atom. The quantitative estimate of drug-likeness (QED) is 0.907. The Morgan fingerprint density at radius 2 is 1.64 bits per heavy atom.